The lowest BCUT2D eigenvalue weighted by atomic mass is 9.95. The Kier molecular flexibility index (Phi) is 7.44. The van der Waals surface area contributed by atoms with Gasteiger partial charge in [0.25, 0.3) is 0 Å². The number of aromatic nitrogens is 2. The van der Waals surface area contributed by atoms with Crippen LogP contribution in [0.1, 0.15) is 50.8 Å². The van der Waals surface area contributed by atoms with Crippen LogP contribution in [0.3, 0.4) is 0 Å². The minimum absolute atomic E-state index is 0.200. The van der Waals surface area contributed by atoms with E-state index in [9.17, 15) is 4.79 Å². The summed E-state index contributed by atoms with van der Waals surface area (Å²) < 4.78 is 8.38. The molecule has 0 atom stereocenters. The summed E-state index contributed by atoms with van der Waals surface area (Å²) in [6, 6.07) is 18.7. The lowest BCUT2D eigenvalue weighted by Gasteiger charge is -2.32. The highest BCUT2D eigenvalue weighted by Crippen LogP contribution is 2.25. The number of amides is 1. The van der Waals surface area contributed by atoms with Gasteiger partial charge in [0, 0.05) is 12.6 Å². The van der Waals surface area contributed by atoms with Crippen molar-refractivity contribution in [3.05, 3.63) is 60.4 Å². The maximum absolute atomic E-state index is 12.5. The summed E-state index contributed by atoms with van der Waals surface area (Å²) in [5.41, 5.74) is 2.19. The molecule has 34 heavy (non-hydrogen) atoms. The van der Waals surface area contributed by atoms with Crippen molar-refractivity contribution in [3.63, 3.8) is 0 Å². The van der Waals surface area contributed by atoms with Crippen LogP contribution >= 0.6 is 0 Å². The van der Waals surface area contributed by atoms with E-state index in [2.05, 4.69) is 33.0 Å². The number of hydrogen-bond acceptors (Lipinski definition) is 4. The fourth-order valence-corrected chi connectivity index (χ4v) is 5.41. The average Bonchev–Trinajstić information content (AvgIpc) is 3.22. The van der Waals surface area contributed by atoms with Crippen LogP contribution in [0.4, 0.5) is 0 Å². The third kappa shape index (κ3) is 5.79. The summed E-state index contributed by atoms with van der Waals surface area (Å²) in [5, 5.41) is 3.26. The van der Waals surface area contributed by atoms with Crippen LogP contribution in [0.25, 0.3) is 11.0 Å². The molecule has 6 heteroatoms. The number of rotatable bonds is 8. The Balaban J connectivity index is 1.17. The van der Waals surface area contributed by atoms with Crippen molar-refractivity contribution in [2.75, 3.05) is 19.6 Å². The van der Waals surface area contributed by atoms with Crippen molar-refractivity contribution in [2.24, 2.45) is 5.92 Å². The van der Waals surface area contributed by atoms with Gasteiger partial charge in [0.1, 0.15) is 18.2 Å². The van der Waals surface area contributed by atoms with Gasteiger partial charge in [-0.05, 0) is 69.0 Å². The summed E-state index contributed by atoms with van der Waals surface area (Å²) >= 11 is 0. The van der Waals surface area contributed by atoms with E-state index in [0.29, 0.717) is 25.1 Å². The molecule has 2 aromatic carbocycles. The number of nitrogens with zero attached hydrogens (tertiary/aromatic N) is 3. The first-order valence-corrected chi connectivity index (χ1v) is 12.9. The molecule has 0 unspecified atom stereocenters. The topological polar surface area (TPSA) is 59.4 Å². The summed E-state index contributed by atoms with van der Waals surface area (Å²) in [5.74, 6) is 2.61. The average molecular weight is 461 g/mol. The highest BCUT2D eigenvalue weighted by molar-refractivity contribution is 5.78. The molecule has 0 bridgehead atoms. The first kappa shape index (κ1) is 22.9. The fraction of sp³-hybridized carbons (Fsp3) is 0.500. The molecule has 180 valence electrons. The summed E-state index contributed by atoms with van der Waals surface area (Å²) in [6.07, 6.45) is 8.29. The first-order valence-electron chi connectivity index (χ1n) is 12.9. The minimum Gasteiger partial charge on any atom is -0.486 e. The molecule has 1 N–H and O–H groups in total. The van der Waals surface area contributed by atoms with Crippen LogP contribution in [0.15, 0.2) is 54.6 Å². The molecule has 1 aliphatic heterocycles. The number of nitrogens with one attached hydrogen (secondary N) is 1. The molecular formula is C28H36N4O2. The predicted octanol–water partition coefficient (Wildman–Crippen LogP) is 4.78. The van der Waals surface area contributed by atoms with Crippen LogP contribution < -0.4 is 10.1 Å². The van der Waals surface area contributed by atoms with Gasteiger partial charge >= 0.3 is 0 Å². The lowest BCUT2D eigenvalue weighted by molar-refractivity contribution is -0.123. The van der Waals surface area contributed by atoms with Crippen LogP contribution in [0, 0.1) is 5.92 Å². The Morgan fingerprint density at radius 1 is 0.941 bits per heavy atom. The van der Waals surface area contributed by atoms with E-state index in [4.69, 9.17) is 9.72 Å². The zero-order valence-electron chi connectivity index (χ0n) is 20.0. The van der Waals surface area contributed by atoms with Crippen molar-refractivity contribution in [3.8, 4) is 5.75 Å². The lowest BCUT2D eigenvalue weighted by Crippen LogP contribution is -2.45. The standard InChI is InChI=1S/C28H36N4O2/c33-28(29-23-9-3-1-4-10-23)20-31-17-15-22(16-18-31)19-32-26-14-8-7-13-25(26)30-27(32)21-34-24-11-5-2-6-12-24/h2,5-8,11-14,22-23H,1,3-4,9-10,15-21H2,(H,29,33). The number of benzene rings is 2. The maximum atomic E-state index is 12.5. The second-order valence-corrected chi connectivity index (χ2v) is 9.85. The van der Waals surface area contributed by atoms with Crippen molar-refractivity contribution in [1.29, 1.82) is 0 Å². The molecule has 2 fully saturated rings. The van der Waals surface area contributed by atoms with Gasteiger partial charge < -0.3 is 14.6 Å². The van der Waals surface area contributed by atoms with Gasteiger partial charge in [-0.1, -0.05) is 49.6 Å². The molecule has 0 spiro atoms. The first-order chi connectivity index (χ1) is 16.7. The van der Waals surface area contributed by atoms with E-state index < -0.39 is 0 Å². The normalized spacial score (nSPS) is 18.2. The third-order valence-corrected chi connectivity index (χ3v) is 7.33. The molecule has 5 rings (SSSR count). The number of imidazole rings is 1. The molecule has 2 heterocycles. The zero-order chi connectivity index (χ0) is 23.2. The Hall–Kier alpha value is -2.86. The summed E-state index contributed by atoms with van der Waals surface area (Å²) in [7, 11) is 0. The van der Waals surface area contributed by atoms with E-state index in [1.807, 2.05) is 36.4 Å². The number of carbonyl (C=O) groups is 1. The van der Waals surface area contributed by atoms with Crippen molar-refractivity contribution < 1.29 is 9.53 Å². The molecular weight excluding hydrogens is 424 g/mol. The monoisotopic (exact) mass is 460 g/mol. The Labute approximate surface area is 202 Å². The number of para-hydroxylation sites is 3. The molecule has 1 amide bonds. The van der Waals surface area contributed by atoms with E-state index >= 15 is 0 Å². The zero-order valence-corrected chi connectivity index (χ0v) is 20.0. The van der Waals surface area contributed by atoms with Gasteiger partial charge in [0.2, 0.25) is 5.91 Å². The quantitative estimate of drug-likeness (QED) is 0.526. The van der Waals surface area contributed by atoms with Crippen LogP contribution in [-0.4, -0.2) is 46.0 Å². The van der Waals surface area contributed by atoms with E-state index in [0.717, 1.165) is 62.4 Å². The van der Waals surface area contributed by atoms with Gasteiger partial charge in [-0.25, -0.2) is 4.98 Å². The Morgan fingerprint density at radius 3 is 2.47 bits per heavy atom. The van der Waals surface area contributed by atoms with E-state index in [-0.39, 0.29) is 5.91 Å². The third-order valence-electron chi connectivity index (χ3n) is 7.33. The summed E-state index contributed by atoms with van der Waals surface area (Å²) in [4.78, 5) is 19.7. The number of likely N-dealkylation sites (tertiary alicyclic amines) is 1. The highest BCUT2D eigenvalue weighted by atomic mass is 16.5. The molecule has 0 radical (unpaired) electrons. The fourth-order valence-electron chi connectivity index (χ4n) is 5.41. The van der Waals surface area contributed by atoms with Crippen molar-refractivity contribution in [2.45, 2.75) is 64.1 Å². The largest absolute Gasteiger partial charge is 0.486 e. The van der Waals surface area contributed by atoms with Crippen LogP contribution in [-0.2, 0) is 17.9 Å². The minimum atomic E-state index is 0.200. The molecule has 3 aromatic rings. The molecule has 1 aromatic heterocycles. The molecule has 6 nitrogen and oxygen atoms in total. The van der Waals surface area contributed by atoms with E-state index in [1.54, 1.807) is 0 Å². The van der Waals surface area contributed by atoms with Crippen LogP contribution in [0.5, 0.6) is 5.75 Å². The van der Waals surface area contributed by atoms with Gasteiger partial charge in [-0.2, -0.15) is 0 Å². The second kappa shape index (κ2) is 11.0. The molecule has 1 saturated heterocycles. The van der Waals surface area contributed by atoms with Gasteiger partial charge in [-0.15, -0.1) is 0 Å². The van der Waals surface area contributed by atoms with Crippen LogP contribution in [0.2, 0.25) is 0 Å². The maximum Gasteiger partial charge on any atom is 0.234 e. The van der Waals surface area contributed by atoms with Gasteiger partial charge in [0.15, 0.2) is 0 Å². The SMILES string of the molecule is O=C(CN1CCC(Cn2c(COc3ccccc3)nc3ccccc32)CC1)NC1CCCCC1. The summed E-state index contributed by atoms with van der Waals surface area (Å²) in [6.45, 7) is 3.89. The smallest absolute Gasteiger partial charge is 0.234 e. The predicted molar refractivity (Wildman–Crippen MR) is 135 cm³/mol. The van der Waals surface area contributed by atoms with Gasteiger partial charge in [-0.3, -0.25) is 9.69 Å². The number of carbonyl (C=O) groups excluding carboxylic acids is 1. The van der Waals surface area contributed by atoms with E-state index in [1.165, 1.54) is 24.8 Å². The number of hydrogen-bond donors (Lipinski definition) is 1. The number of ether oxygens (including phenoxy) is 1. The molecule has 1 aliphatic carbocycles. The van der Waals surface area contributed by atoms with Gasteiger partial charge in [0.05, 0.1) is 17.6 Å². The highest BCUT2D eigenvalue weighted by Gasteiger charge is 2.24. The van der Waals surface area contributed by atoms with Crippen molar-refractivity contribution in [1.82, 2.24) is 19.8 Å². The van der Waals surface area contributed by atoms with Crippen molar-refractivity contribution >= 4 is 16.9 Å². The molecule has 2 aliphatic rings. The Bertz CT molecular complexity index is 1070. The Morgan fingerprint density at radius 2 is 1.68 bits per heavy atom. The number of piperidine rings is 1. The molecule has 1 saturated carbocycles. The second-order valence-electron chi connectivity index (χ2n) is 9.85. The number of fused-ring (bicyclic) bond motifs is 1.